The number of pyridine rings is 1. The van der Waals surface area contributed by atoms with Gasteiger partial charge in [0.15, 0.2) is 17.4 Å². The summed E-state index contributed by atoms with van der Waals surface area (Å²) < 4.78 is 33.4. The van der Waals surface area contributed by atoms with Crippen molar-refractivity contribution >= 4 is 5.82 Å². The predicted molar refractivity (Wildman–Crippen MR) is 126 cm³/mol. The van der Waals surface area contributed by atoms with Crippen molar-refractivity contribution in [2.24, 2.45) is 5.92 Å². The number of anilines is 1. The number of alkyl halides is 1. The third-order valence-electron chi connectivity index (χ3n) is 6.67. The highest BCUT2D eigenvalue weighted by atomic mass is 19.1. The average Bonchev–Trinajstić information content (AvgIpc) is 3.05. The van der Waals surface area contributed by atoms with Gasteiger partial charge >= 0.3 is 0 Å². The molecule has 0 spiro atoms. The number of rotatable bonds is 6. The minimum Gasteiger partial charge on any atom is -0.507 e. The van der Waals surface area contributed by atoms with Gasteiger partial charge in [0.1, 0.15) is 11.9 Å². The molecule has 0 amide bonds. The summed E-state index contributed by atoms with van der Waals surface area (Å²) in [4.78, 5) is 9.89. The zero-order valence-corrected chi connectivity index (χ0v) is 19.6. The first-order chi connectivity index (χ1) is 16.4. The molecule has 0 bridgehead atoms. The maximum absolute atomic E-state index is 14.8. The van der Waals surface area contributed by atoms with Crippen LogP contribution in [0.15, 0.2) is 36.7 Å². The highest BCUT2D eigenvalue weighted by Gasteiger charge is 2.31. The standard InChI is InChI=1S/C25H29F2N5O2/c1-4-15-6-5-7-19(26)20(10-15)32(2)23-14-29-25(31-30-23)18-9-8-16(11-21(18)33)17-12-22(34-3)24(27)28-13-17/h8-9,11-15,19-20,33H,4-7,10H2,1-3H3/t15-,19+,20-/m1/s1. The van der Waals surface area contributed by atoms with Crippen LogP contribution in [0.1, 0.15) is 39.0 Å². The van der Waals surface area contributed by atoms with Crippen LogP contribution in [0.25, 0.3) is 22.5 Å². The Bertz CT molecular complexity index is 1130. The van der Waals surface area contributed by atoms with Crippen molar-refractivity contribution < 1.29 is 18.6 Å². The van der Waals surface area contributed by atoms with E-state index in [1.165, 1.54) is 25.4 Å². The predicted octanol–water partition coefficient (Wildman–Crippen LogP) is 5.20. The third kappa shape index (κ3) is 4.93. The maximum atomic E-state index is 14.8. The van der Waals surface area contributed by atoms with Crippen molar-refractivity contribution in [1.82, 2.24) is 20.2 Å². The van der Waals surface area contributed by atoms with Crippen LogP contribution in [0.3, 0.4) is 0 Å². The van der Waals surface area contributed by atoms with Crippen molar-refractivity contribution in [2.75, 3.05) is 19.1 Å². The Morgan fingerprint density at radius 2 is 1.94 bits per heavy atom. The lowest BCUT2D eigenvalue weighted by atomic mass is 9.94. The first-order valence-electron chi connectivity index (χ1n) is 11.5. The number of phenolic OH excluding ortho intramolecular Hbond substituents is 1. The molecular formula is C25H29F2N5O2. The normalized spacial score (nSPS) is 20.6. The van der Waals surface area contributed by atoms with Crippen LogP contribution in [0.4, 0.5) is 14.6 Å². The highest BCUT2D eigenvalue weighted by molar-refractivity contribution is 5.73. The Labute approximate surface area is 197 Å². The molecule has 9 heteroatoms. The SMILES string of the molecule is CC[C@@H]1CCC[C@H](F)[C@H](N(C)c2cnc(-c3ccc(-c4cnc(F)c(OC)c4)cc3O)nn2)C1. The molecule has 1 fully saturated rings. The summed E-state index contributed by atoms with van der Waals surface area (Å²) in [5, 5.41) is 19.1. The van der Waals surface area contributed by atoms with E-state index in [0.717, 1.165) is 25.7 Å². The first-order valence-corrected chi connectivity index (χ1v) is 11.5. The lowest BCUT2D eigenvalue weighted by molar-refractivity contribution is 0.253. The molecule has 1 saturated carbocycles. The summed E-state index contributed by atoms with van der Waals surface area (Å²) in [5.74, 6) is 0.503. The Balaban J connectivity index is 1.54. The van der Waals surface area contributed by atoms with E-state index < -0.39 is 12.1 Å². The van der Waals surface area contributed by atoms with Gasteiger partial charge in [0, 0.05) is 18.8 Å². The van der Waals surface area contributed by atoms with E-state index in [1.807, 2.05) is 11.9 Å². The van der Waals surface area contributed by atoms with E-state index in [2.05, 4.69) is 27.1 Å². The maximum Gasteiger partial charge on any atom is 0.255 e. The van der Waals surface area contributed by atoms with E-state index in [9.17, 15) is 13.9 Å². The molecule has 3 aromatic rings. The van der Waals surface area contributed by atoms with Crippen LogP contribution in [-0.4, -0.2) is 51.6 Å². The summed E-state index contributed by atoms with van der Waals surface area (Å²) in [6.45, 7) is 2.15. The molecular weight excluding hydrogens is 440 g/mol. The third-order valence-corrected chi connectivity index (χ3v) is 6.67. The van der Waals surface area contributed by atoms with Crippen molar-refractivity contribution in [3.8, 4) is 34.0 Å². The van der Waals surface area contributed by atoms with E-state index in [-0.39, 0.29) is 23.4 Å². The number of benzene rings is 1. The van der Waals surface area contributed by atoms with Crippen molar-refractivity contribution in [2.45, 2.75) is 51.2 Å². The molecule has 3 atom stereocenters. The lowest BCUT2D eigenvalue weighted by Crippen LogP contribution is -2.40. The fourth-order valence-electron chi connectivity index (χ4n) is 4.53. The molecule has 0 radical (unpaired) electrons. The van der Waals surface area contributed by atoms with Crippen LogP contribution in [-0.2, 0) is 0 Å². The van der Waals surface area contributed by atoms with E-state index in [1.54, 1.807) is 18.3 Å². The van der Waals surface area contributed by atoms with Gasteiger partial charge in [0.25, 0.3) is 5.95 Å². The molecule has 2 heterocycles. The number of hydrogen-bond acceptors (Lipinski definition) is 7. The molecule has 2 aromatic heterocycles. The van der Waals surface area contributed by atoms with E-state index in [0.29, 0.717) is 34.8 Å². The van der Waals surface area contributed by atoms with E-state index >= 15 is 0 Å². The quantitative estimate of drug-likeness (QED) is 0.392. The smallest absolute Gasteiger partial charge is 0.255 e. The Hall–Kier alpha value is -3.36. The number of halogens is 2. The first kappa shape index (κ1) is 23.8. The molecule has 4 rings (SSSR count). The van der Waals surface area contributed by atoms with Gasteiger partial charge in [-0.25, -0.2) is 14.4 Å². The fourth-order valence-corrected chi connectivity index (χ4v) is 4.53. The van der Waals surface area contributed by atoms with Crippen LogP contribution in [0, 0.1) is 11.9 Å². The van der Waals surface area contributed by atoms with Crippen molar-refractivity contribution in [3.63, 3.8) is 0 Å². The number of methoxy groups -OCH3 is 1. The molecule has 7 nitrogen and oxygen atoms in total. The van der Waals surface area contributed by atoms with Gasteiger partial charge in [0.2, 0.25) is 0 Å². The molecule has 1 aliphatic carbocycles. The highest BCUT2D eigenvalue weighted by Crippen LogP contribution is 2.34. The van der Waals surface area contributed by atoms with Gasteiger partial charge in [0.05, 0.1) is 24.9 Å². The zero-order chi connectivity index (χ0) is 24.2. The molecule has 0 saturated heterocycles. The number of hydrogen-bond donors (Lipinski definition) is 1. The Morgan fingerprint density at radius 3 is 2.62 bits per heavy atom. The molecule has 1 aliphatic rings. The zero-order valence-electron chi connectivity index (χ0n) is 19.6. The summed E-state index contributed by atoms with van der Waals surface area (Å²) in [5.41, 5.74) is 1.62. The van der Waals surface area contributed by atoms with Crippen LogP contribution < -0.4 is 9.64 Å². The van der Waals surface area contributed by atoms with Gasteiger partial charge in [-0.2, -0.15) is 4.39 Å². The van der Waals surface area contributed by atoms with Gasteiger partial charge in [-0.1, -0.05) is 32.3 Å². The molecule has 0 unspecified atom stereocenters. The Morgan fingerprint density at radius 1 is 1.12 bits per heavy atom. The number of aromatic nitrogens is 4. The monoisotopic (exact) mass is 469 g/mol. The van der Waals surface area contributed by atoms with Crippen LogP contribution >= 0.6 is 0 Å². The molecule has 34 heavy (non-hydrogen) atoms. The lowest BCUT2D eigenvalue weighted by Gasteiger charge is -2.31. The molecule has 180 valence electrons. The number of nitrogens with zero attached hydrogens (tertiary/aromatic N) is 5. The van der Waals surface area contributed by atoms with Gasteiger partial charge in [-0.15, -0.1) is 10.2 Å². The summed E-state index contributed by atoms with van der Waals surface area (Å²) in [7, 11) is 3.19. The van der Waals surface area contributed by atoms with Crippen molar-refractivity contribution in [1.29, 1.82) is 0 Å². The molecule has 0 aliphatic heterocycles. The fraction of sp³-hybridized carbons (Fsp3) is 0.440. The summed E-state index contributed by atoms with van der Waals surface area (Å²) in [6, 6.07) is 6.18. The minimum atomic E-state index is -0.917. The van der Waals surface area contributed by atoms with Gasteiger partial charge in [-0.3, -0.25) is 0 Å². The number of ether oxygens (including phenoxy) is 1. The average molecular weight is 470 g/mol. The summed E-state index contributed by atoms with van der Waals surface area (Å²) in [6.07, 6.45) is 6.34. The second kappa shape index (κ2) is 10.3. The largest absolute Gasteiger partial charge is 0.507 e. The van der Waals surface area contributed by atoms with Gasteiger partial charge in [-0.05, 0) is 42.5 Å². The second-order valence-corrected chi connectivity index (χ2v) is 8.72. The Kier molecular flexibility index (Phi) is 7.19. The molecule has 1 aromatic carbocycles. The summed E-state index contributed by atoms with van der Waals surface area (Å²) >= 11 is 0. The topological polar surface area (TPSA) is 84.3 Å². The minimum absolute atomic E-state index is 0.0164. The van der Waals surface area contributed by atoms with Crippen LogP contribution in [0.2, 0.25) is 0 Å². The number of phenols is 1. The second-order valence-electron chi connectivity index (χ2n) is 8.72. The van der Waals surface area contributed by atoms with Gasteiger partial charge < -0.3 is 14.7 Å². The van der Waals surface area contributed by atoms with Crippen molar-refractivity contribution in [3.05, 3.63) is 42.6 Å². The number of aromatic hydroxyl groups is 1. The molecule has 1 N–H and O–H groups in total. The van der Waals surface area contributed by atoms with Crippen LogP contribution in [0.5, 0.6) is 11.5 Å². The van der Waals surface area contributed by atoms with E-state index in [4.69, 9.17) is 4.74 Å².